The molecule has 1 heterocycles. The molecule has 0 aromatic heterocycles. The number of carboxylic acid groups (broad SMARTS) is 1. The van der Waals surface area contributed by atoms with Crippen LogP contribution < -0.4 is 10.1 Å². The lowest BCUT2D eigenvalue weighted by Gasteiger charge is -2.40. The Morgan fingerprint density at radius 1 is 1.25 bits per heavy atom. The van der Waals surface area contributed by atoms with Crippen molar-refractivity contribution in [3.63, 3.8) is 0 Å². The Morgan fingerprint density at radius 2 is 1.96 bits per heavy atom. The van der Waals surface area contributed by atoms with E-state index >= 15 is 0 Å². The predicted molar refractivity (Wildman–Crippen MR) is 90.2 cm³/mol. The van der Waals surface area contributed by atoms with Crippen LogP contribution in [0.4, 0.5) is 0 Å². The van der Waals surface area contributed by atoms with Crippen LogP contribution in [0.2, 0.25) is 0 Å². The van der Waals surface area contributed by atoms with Crippen molar-refractivity contribution >= 4 is 11.9 Å². The van der Waals surface area contributed by atoms with Crippen LogP contribution in [0.3, 0.4) is 0 Å². The Labute approximate surface area is 142 Å². The highest BCUT2D eigenvalue weighted by Gasteiger charge is 2.44. The van der Waals surface area contributed by atoms with E-state index in [0.717, 1.165) is 29.7 Å². The van der Waals surface area contributed by atoms with E-state index in [0.29, 0.717) is 19.3 Å². The standard InChI is InChI=1S/C19H25NO4/c1-11-8-13-10-16(24-15(13)9-12(11)2)17(21)20-19(3)7-5-4-6-14(19)18(22)23/h8-9,14,16H,4-7,10H2,1-3H3,(H,20,21)(H,22,23). The van der Waals surface area contributed by atoms with Gasteiger partial charge in [-0.2, -0.15) is 0 Å². The van der Waals surface area contributed by atoms with Gasteiger partial charge in [0.2, 0.25) is 0 Å². The number of amides is 1. The maximum absolute atomic E-state index is 12.7. The van der Waals surface area contributed by atoms with Crippen molar-refractivity contribution in [3.05, 3.63) is 28.8 Å². The van der Waals surface area contributed by atoms with Gasteiger partial charge in [0.05, 0.1) is 11.5 Å². The number of carbonyl (C=O) groups is 2. The number of benzene rings is 1. The van der Waals surface area contributed by atoms with Crippen molar-refractivity contribution < 1.29 is 19.4 Å². The molecule has 1 saturated carbocycles. The summed E-state index contributed by atoms with van der Waals surface area (Å²) in [4.78, 5) is 24.2. The van der Waals surface area contributed by atoms with Gasteiger partial charge in [0.1, 0.15) is 5.75 Å². The number of hydrogen-bond acceptors (Lipinski definition) is 3. The van der Waals surface area contributed by atoms with E-state index < -0.39 is 23.5 Å². The molecule has 1 aliphatic heterocycles. The maximum Gasteiger partial charge on any atom is 0.308 e. The zero-order valence-electron chi connectivity index (χ0n) is 14.5. The van der Waals surface area contributed by atoms with E-state index in [1.807, 2.05) is 26.8 Å². The van der Waals surface area contributed by atoms with Crippen LogP contribution in [0, 0.1) is 19.8 Å². The third-order valence-electron chi connectivity index (χ3n) is 5.56. The second kappa shape index (κ2) is 6.11. The molecule has 24 heavy (non-hydrogen) atoms. The molecule has 2 N–H and O–H groups in total. The molecule has 0 bridgehead atoms. The summed E-state index contributed by atoms with van der Waals surface area (Å²) in [6.45, 7) is 5.91. The van der Waals surface area contributed by atoms with Crippen LogP contribution in [0.15, 0.2) is 12.1 Å². The number of ether oxygens (including phenoxy) is 1. The second-order valence-electron chi connectivity index (χ2n) is 7.40. The smallest absolute Gasteiger partial charge is 0.308 e. The highest BCUT2D eigenvalue weighted by Crippen LogP contribution is 2.35. The van der Waals surface area contributed by atoms with Crippen molar-refractivity contribution in [3.8, 4) is 5.75 Å². The molecule has 3 atom stereocenters. The van der Waals surface area contributed by atoms with E-state index in [9.17, 15) is 14.7 Å². The predicted octanol–water partition coefficient (Wildman–Crippen LogP) is 2.76. The Kier molecular flexibility index (Phi) is 4.28. The molecular weight excluding hydrogens is 306 g/mol. The third-order valence-corrected chi connectivity index (χ3v) is 5.56. The average molecular weight is 331 g/mol. The molecule has 2 aliphatic rings. The number of fused-ring (bicyclic) bond motifs is 1. The topological polar surface area (TPSA) is 75.6 Å². The molecule has 3 unspecified atom stereocenters. The minimum Gasteiger partial charge on any atom is -0.481 e. The third kappa shape index (κ3) is 2.99. The average Bonchev–Trinajstić information content (AvgIpc) is 2.90. The van der Waals surface area contributed by atoms with Crippen LogP contribution in [0.1, 0.15) is 49.3 Å². The summed E-state index contributed by atoms with van der Waals surface area (Å²) >= 11 is 0. The summed E-state index contributed by atoms with van der Waals surface area (Å²) in [5.41, 5.74) is 2.66. The minimum absolute atomic E-state index is 0.211. The normalized spacial score (nSPS) is 28.8. The number of aryl methyl sites for hydroxylation is 2. The van der Waals surface area contributed by atoms with Crippen LogP contribution in [-0.2, 0) is 16.0 Å². The van der Waals surface area contributed by atoms with Gasteiger partial charge in [-0.15, -0.1) is 0 Å². The molecule has 1 aromatic carbocycles. The van der Waals surface area contributed by atoms with Crippen LogP contribution in [0.5, 0.6) is 5.75 Å². The van der Waals surface area contributed by atoms with E-state index in [4.69, 9.17) is 4.74 Å². The van der Waals surface area contributed by atoms with Gasteiger partial charge in [0.25, 0.3) is 5.91 Å². The first-order valence-electron chi connectivity index (χ1n) is 8.62. The number of nitrogens with one attached hydrogen (secondary N) is 1. The monoisotopic (exact) mass is 331 g/mol. The van der Waals surface area contributed by atoms with E-state index in [1.165, 1.54) is 5.56 Å². The van der Waals surface area contributed by atoms with Gasteiger partial charge in [-0.05, 0) is 56.4 Å². The van der Waals surface area contributed by atoms with Gasteiger partial charge in [-0.3, -0.25) is 9.59 Å². The van der Waals surface area contributed by atoms with Gasteiger partial charge in [-0.25, -0.2) is 0 Å². The van der Waals surface area contributed by atoms with Gasteiger partial charge in [0, 0.05) is 6.42 Å². The van der Waals surface area contributed by atoms with Gasteiger partial charge in [-0.1, -0.05) is 18.9 Å². The SMILES string of the molecule is Cc1cc2c(cc1C)OC(C(=O)NC1(C)CCCCC1C(=O)O)C2. The van der Waals surface area contributed by atoms with Crippen molar-refractivity contribution in [2.24, 2.45) is 5.92 Å². The summed E-state index contributed by atoms with van der Waals surface area (Å²) in [6, 6.07) is 4.04. The molecular formula is C19H25NO4. The van der Waals surface area contributed by atoms with Crippen molar-refractivity contribution in [1.29, 1.82) is 0 Å². The van der Waals surface area contributed by atoms with Crippen molar-refractivity contribution in [2.45, 2.75) is 64.5 Å². The molecule has 0 saturated heterocycles. The van der Waals surface area contributed by atoms with Gasteiger partial charge >= 0.3 is 5.97 Å². The fourth-order valence-corrected chi connectivity index (χ4v) is 3.90. The Hall–Kier alpha value is -2.04. The van der Waals surface area contributed by atoms with Crippen molar-refractivity contribution in [2.75, 3.05) is 0 Å². The number of carbonyl (C=O) groups excluding carboxylic acids is 1. The molecule has 1 amide bonds. The summed E-state index contributed by atoms with van der Waals surface area (Å²) in [6.07, 6.45) is 3.09. The minimum atomic E-state index is -0.834. The molecule has 0 radical (unpaired) electrons. The Morgan fingerprint density at radius 3 is 2.67 bits per heavy atom. The first kappa shape index (κ1) is 16.8. The maximum atomic E-state index is 12.7. The fraction of sp³-hybridized carbons (Fsp3) is 0.579. The van der Waals surface area contributed by atoms with Crippen LogP contribution >= 0.6 is 0 Å². The summed E-state index contributed by atoms with van der Waals surface area (Å²) in [5.74, 6) is -0.818. The molecule has 3 rings (SSSR count). The molecule has 1 fully saturated rings. The summed E-state index contributed by atoms with van der Waals surface area (Å²) < 4.78 is 5.83. The first-order chi connectivity index (χ1) is 11.3. The number of hydrogen-bond donors (Lipinski definition) is 2. The summed E-state index contributed by atoms with van der Waals surface area (Å²) in [5, 5.41) is 12.5. The van der Waals surface area contributed by atoms with Gasteiger partial charge in [0.15, 0.2) is 6.10 Å². The molecule has 0 spiro atoms. The zero-order chi connectivity index (χ0) is 17.5. The van der Waals surface area contributed by atoms with E-state index in [1.54, 1.807) is 0 Å². The zero-order valence-corrected chi connectivity index (χ0v) is 14.5. The molecule has 1 aliphatic carbocycles. The second-order valence-corrected chi connectivity index (χ2v) is 7.40. The lowest BCUT2D eigenvalue weighted by atomic mass is 9.73. The molecule has 1 aromatic rings. The summed E-state index contributed by atoms with van der Waals surface area (Å²) in [7, 11) is 0. The lowest BCUT2D eigenvalue weighted by Crippen LogP contribution is -2.58. The largest absolute Gasteiger partial charge is 0.481 e. The van der Waals surface area contributed by atoms with Gasteiger partial charge < -0.3 is 15.2 Å². The van der Waals surface area contributed by atoms with E-state index in [-0.39, 0.29) is 5.91 Å². The lowest BCUT2D eigenvalue weighted by molar-refractivity contribution is -0.147. The Balaban J connectivity index is 1.73. The molecule has 130 valence electrons. The molecule has 5 heteroatoms. The highest BCUT2D eigenvalue weighted by atomic mass is 16.5. The highest BCUT2D eigenvalue weighted by molar-refractivity contribution is 5.84. The number of carboxylic acids is 1. The van der Waals surface area contributed by atoms with E-state index in [2.05, 4.69) is 11.4 Å². The van der Waals surface area contributed by atoms with Crippen molar-refractivity contribution in [1.82, 2.24) is 5.32 Å². The van der Waals surface area contributed by atoms with Crippen LogP contribution in [-0.4, -0.2) is 28.6 Å². The fourth-order valence-electron chi connectivity index (χ4n) is 3.90. The number of aliphatic carboxylic acids is 1. The van der Waals surface area contributed by atoms with Crippen LogP contribution in [0.25, 0.3) is 0 Å². The molecule has 5 nitrogen and oxygen atoms in total. The quantitative estimate of drug-likeness (QED) is 0.893. The first-order valence-corrected chi connectivity index (χ1v) is 8.62. The number of rotatable bonds is 3. The Bertz CT molecular complexity index is 653.